The van der Waals surface area contributed by atoms with Crippen molar-refractivity contribution in [3.8, 4) is 0 Å². The summed E-state index contributed by atoms with van der Waals surface area (Å²) in [6.07, 6.45) is 0. The Morgan fingerprint density at radius 1 is 1.83 bits per heavy atom. The van der Waals surface area contributed by atoms with Gasteiger partial charge in [0.2, 0.25) is 0 Å². The van der Waals surface area contributed by atoms with E-state index in [1.54, 1.807) is 0 Å². The maximum absolute atomic E-state index is 9.62. The number of hydrogen-bond acceptors (Lipinski definition) is 2. The van der Waals surface area contributed by atoms with Crippen LogP contribution in [0.1, 0.15) is 6.92 Å². The van der Waals surface area contributed by atoms with Crippen LogP contribution in [0.25, 0.3) is 0 Å². The molecule has 0 aromatic heterocycles. The summed E-state index contributed by atoms with van der Waals surface area (Å²) in [6, 6.07) is 0. The van der Waals surface area contributed by atoms with Gasteiger partial charge in [-0.25, -0.2) is 0 Å². The molecular formula is C2H5O3Pm. The van der Waals surface area contributed by atoms with Crippen LogP contribution in [0.2, 0.25) is 0 Å². The summed E-state index contributed by atoms with van der Waals surface area (Å²) in [5.41, 5.74) is 0. The average molecular weight is 222 g/mol. The van der Waals surface area contributed by atoms with E-state index in [4.69, 9.17) is 0 Å². The summed E-state index contributed by atoms with van der Waals surface area (Å²) in [6.45, 7) is 1.39. The summed E-state index contributed by atoms with van der Waals surface area (Å²) in [4.78, 5) is 9.62. The standard InChI is InChI=1S/C2H4O2.H2O.Pm/c1-2(3)4;;/h1H3,(H,3,4);1H2;/q;;+1/p-1. The molecule has 4 heteroatoms. The van der Waals surface area contributed by atoms with Gasteiger partial charge in [0.1, 0.15) is 0 Å². The normalized spacial score (nSPS) is 5.50. The van der Waals surface area contributed by atoms with Crippen LogP contribution < -0.4 is 0 Å². The first-order valence-electron chi connectivity index (χ1n) is 1.09. The first-order chi connectivity index (χ1) is 2.27. The van der Waals surface area contributed by atoms with E-state index in [0.29, 0.717) is 38.9 Å². The molecule has 0 fully saturated rings. The summed E-state index contributed by atoms with van der Waals surface area (Å²) in [5.74, 6) is -0.196. The first-order valence-corrected chi connectivity index (χ1v) is 2.26. The van der Waals surface area contributed by atoms with Gasteiger partial charge >= 0.3 is 57.7 Å². The number of carbonyl (C=O) groups is 1. The minimum absolute atomic E-state index is 0. The summed E-state index contributed by atoms with van der Waals surface area (Å²) in [7, 11) is 0. The Morgan fingerprint density at radius 3 is 2.00 bits per heavy atom. The van der Waals surface area contributed by atoms with Crippen LogP contribution in [0.4, 0.5) is 0 Å². The summed E-state index contributed by atoms with van der Waals surface area (Å²) in [5, 5.41) is 0. The third-order valence-corrected chi connectivity index (χ3v) is 0.953. The van der Waals surface area contributed by atoms with Crippen molar-refractivity contribution in [3.05, 3.63) is 0 Å². The summed E-state index contributed by atoms with van der Waals surface area (Å²) < 4.78 is 4.22. The van der Waals surface area contributed by atoms with Crippen LogP contribution >= 0.6 is 0 Å². The predicted molar refractivity (Wildman–Crippen MR) is 15.4 cm³/mol. The zero-order valence-electron chi connectivity index (χ0n) is 3.26. The van der Waals surface area contributed by atoms with Gasteiger partial charge in [-0.05, 0) is 0 Å². The van der Waals surface area contributed by atoms with Gasteiger partial charge in [0.25, 0.3) is 0 Å². The molecule has 0 aromatic carbocycles. The zero-order chi connectivity index (χ0) is 4.28. The average Bonchev–Trinajstić information content (AvgIpc) is 1.38. The van der Waals surface area contributed by atoms with E-state index in [1.165, 1.54) is 6.92 Å². The molecule has 2 N–H and O–H groups in total. The molecule has 0 aliphatic rings. The van der Waals surface area contributed by atoms with Gasteiger partial charge < -0.3 is 5.48 Å². The second-order valence-electron chi connectivity index (χ2n) is 0.583. The van der Waals surface area contributed by atoms with Crippen LogP contribution in [-0.2, 0) is 5.91 Å². The van der Waals surface area contributed by atoms with Gasteiger partial charge in [0, 0.05) is 0 Å². The van der Waals surface area contributed by atoms with Crippen molar-refractivity contribution in [3.63, 3.8) is 0 Å². The monoisotopic (exact) mass is 222 g/mol. The van der Waals surface area contributed by atoms with E-state index in [9.17, 15) is 4.79 Å². The van der Waals surface area contributed by atoms with Gasteiger partial charge in [-0.2, -0.15) is 0 Å². The Balaban J connectivity index is 0. The molecule has 0 spiro atoms. The second kappa shape index (κ2) is 5.77. The van der Waals surface area contributed by atoms with E-state index >= 15 is 0 Å². The molecule has 3 nitrogen and oxygen atoms in total. The number of carbonyl (C=O) groups excluding carboxylic acids is 1. The van der Waals surface area contributed by atoms with Crippen LogP contribution in [0.3, 0.4) is 0 Å². The van der Waals surface area contributed by atoms with Gasteiger partial charge in [0.05, 0.1) is 0 Å². The molecule has 0 unspecified atom stereocenters. The van der Waals surface area contributed by atoms with Crippen LogP contribution in [0.5, 0.6) is 0 Å². The molecule has 36 valence electrons. The largest absolute Gasteiger partial charge is 0.412 e. The quantitative estimate of drug-likeness (QED) is 0.538. The topological polar surface area (TPSA) is 57.8 Å². The molecule has 0 saturated heterocycles. The predicted octanol–water partition coefficient (Wildman–Crippen LogP) is -0.811. The fourth-order valence-corrected chi connectivity index (χ4v) is 0. The van der Waals surface area contributed by atoms with Crippen LogP contribution in [0, 0.1) is 38.9 Å². The van der Waals surface area contributed by atoms with E-state index in [2.05, 4.69) is 1.12 Å². The molecule has 0 rings (SSSR count). The fraction of sp³-hybridized carbons (Fsp3) is 0.500. The number of rotatable bonds is 0. The molecule has 0 aromatic rings. The van der Waals surface area contributed by atoms with Gasteiger partial charge in [-0.3, -0.25) is 0 Å². The Morgan fingerprint density at radius 2 is 2.00 bits per heavy atom. The molecular weight excluding hydrogens is 217 g/mol. The Labute approximate surface area is 62.7 Å². The van der Waals surface area contributed by atoms with E-state index in [-0.39, 0.29) is 11.4 Å². The maximum atomic E-state index is 9.62. The SMILES string of the molecule is CC(=O)[O][Pm].O. The van der Waals surface area contributed by atoms with Crippen molar-refractivity contribution in [2.24, 2.45) is 0 Å². The zero-order valence-corrected chi connectivity index (χ0v) is 6.13. The van der Waals surface area contributed by atoms with Crippen molar-refractivity contribution in [2.45, 2.75) is 6.92 Å². The molecule has 0 bridgehead atoms. The Bertz CT molecular complexity index is 44.1. The van der Waals surface area contributed by atoms with Gasteiger partial charge in [0.15, 0.2) is 0 Å². The van der Waals surface area contributed by atoms with Crippen molar-refractivity contribution >= 4 is 5.97 Å². The van der Waals surface area contributed by atoms with E-state index in [0.717, 1.165) is 0 Å². The van der Waals surface area contributed by atoms with Crippen molar-refractivity contribution in [2.75, 3.05) is 0 Å². The first kappa shape index (κ1) is 9.90. The van der Waals surface area contributed by atoms with E-state index < -0.39 is 0 Å². The third-order valence-electron chi connectivity index (χ3n) is 0.129. The molecule has 0 aliphatic heterocycles. The minimum Gasteiger partial charge on any atom is -0.412 e. The van der Waals surface area contributed by atoms with Crippen molar-refractivity contribution in [1.29, 1.82) is 0 Å². The molecule has 0 amide bonds. The number of hydrogen-bond donors (Lipinski definition) is 0. The van der Waals surface area contributed by atoms with E-state index in [1.807, 2.05) is 0 Å². The molecule has 6 heavy (non-hydrogen) atoms. The Hall–Kier alpha value is 0.768. The summed E-state index contributed by atoms with van der Waals surface area (Å²) >= 11 is 0.689. The Kier molecular flexibility index (Phi) is 9.52. The third kappa shape index (κ3) is 8.84. The van der Waals surface area contributed by atoms with Crippen molar-refractivity contribution < 1.29 is 50.3 Å². The van der Waals surface area contributed by atoms with Crippen molar-refractivity contribution in [1.82, 2.24) is 0 Å². The smallest absolute Gasteiger partial charge is 0.412 e. The maximum Gasteiger partial charge on any atom is -0.412 e. The molecule has 0 atom stereocenters. The fourth-order valence-electron chi connectivity index (χ4n) is 0. The molecule has 0 saturated carbocycles. The minimum atomic E-state index is -0.196. The van der Waals surface area contributed by atoms with Crippen LogP contribution in [0.15, 0.2) is 0 Å². The second-order valence-corrected chi connectivity index (χ2v) is 1.17. The molecule has 0 aliphatic carbocycles. The van der Waals surface area contributed by atoms with Gasteiger partial charge in [-0.1, -0.05) is 0 Å². The molecule has 0 heterocycles. The van der Waals surface area contributed by atoms with Gasteiger partial charge in [-0.15, -0.1) is 0 Å². The van der Waals surface area contributed by atoms with Crippen LogP contribution in [-0.4, -0.2) is 11.4 Å². The molecule has 0 radical (unpaired) electrons.